The molecule has 2 aliphatic heterocycles. The van der Waals surface area contributed by atoms with Crippen LogP contribution in [0.3, 0.4) is 0 Å². The highest BCUT2D eigenvalue weighted by molar-refractivity contribution is 5.98. The third-order valence-electron chi connectivity index (χ3n) is 6.08. The summed E-state index contributed by atoms with van der Waals surface area (Å²) >= 11 is 0. The lowest BCUT2D eigenvalue weighted by atomic mass is 9.79. The van der Waals surface area contributed by atoms with Crippen molar-refractivity contribution in [3.8, 4) is 0 Å². The summed E-state index contributed by atoms with van der Waals surface area (Å²) in [6.07, 6.45) is 0.305. The van der Waals surface area contributed by atoms with Crippen molar-refractivity contribution in [1.82, 2.24) is 4.90 Å². The van der Waals surface area contributed by atoms with Crippen LogP contribution in [0.4, 0.5) is 0 Å². The fourth-order valence-electron chi connectivity index (χ4n) is 4.68. The summed E-state index contributed by atoms with van der Waals surface area (Å²) < 4.78 is 5.77. The van der Waals surface area contributed by atoms with E-state index in [2.05, 4.69) is 34.6 Å². The third kappa shape index (κ3) is 4.22. The number of benzene rings is 1. The first-order valence-electron chi connectivity index (χ1n) is 10.3. The Morgan fingerprint density at radius 2 is 1.90 bits per heavy atom. The molecule has 0 radical (unpaired) electrons. The lowest BCUT2D eigenvalue weighted by Crippen LogP contribution is -2.45. The van der Waals surface area contributed by atoms with Crippen LogP contribution in [0.15, 0.2) is 24.3 Å². The van der Waals surface area contributed by atoms with Crippen LogP contribution in [0.5, 0.6) is 0 Å². The van der Waals surface area contributed by atoms with E-state index in [4.69, 9.17) is 10.5 Å². The molecule has 3 rings (SSSR count). The molecule has 6 nitrogen and oxygen atoms in total. The second-order valence-electron chi connectivity index (χ2n) is 9.85. The number of amides is 2. The van der Waals surface area contributed by atoms with Gasteiger partial charge in [-0.15, -0.1) is 0 Å². The molecule has 6 heteroatoms. The molecule has 2 saturated heterocycles. The van der Waals surface area contributed by atoms with Crippen molar-refractivity contribution < 1.29 is 19.1 Å². The van der Waals surface area contributed by atoms with E-state index in [1.807, 2.05) is 6.07 Å². The van der Waals surface area contributed by atoms with Crippen LogP contribution in [0.2, 0.25) is 0 Å². The lowest BCUT2D eigenvalue weighted by Gasteiger charge is -2.32. The molecule has 0 aliphatic carbocycles. The van der Waals surface area contributed by atoms with Gasteiger partial charge in [-0.2, -0.15) is 0 Å². The van der Waals surface area contributed by atoms with Crippen molar-refractivity contribution in [2.45, 2.75) is 59.1 Å². The highest BCUT2D eigenvalue weighted by Gasteiger charge is 2.53. The molecular weight excluding hydrogens is 368 g/mol. The fourth-order valence-corrected chi connectivity index (χ4v) is 4.68. The second kappa shape index (κ2) is 7.90. The number of carbonyl (C=O) groups is 3. The first-order chi connectivity index (χ1) is 13.5. The molecule has 158 valence electrons. The molecular formula is C23H32N2O4. The molecule has 2 amide bonds. The summed E-state index contributed by atoms with van der Waals surface area (Å²) in [4.78, 5) is 40.1. The number of rotatable bonds is 5. The van der Waals surface area contributed by atoms with E-state index in [-0.39, 0.29) is 35.7 Å². The number of ether oxygens (including phenoxy) is 1. The van der Waals surface area contributed by atoms with Crippen LogP contribution in [0, 0.1) is 17.3 Å². The largest absolute Gasteiger partial charge is 0.367 e. The van der Waals surface area contributed by atoms with Gasteiger partial charge in [-0.25, -0.2) is 0 Å². The topological polar surface area (TPSA) is 89.7 Å². The predicted molar refractivity (Wildman–Crippen MR) is 110 cm³/mol. The summed E-state index contributed by atoms with van der Waals surface area (Å²) in [6, 6.07) is 6.50. The van der Waals surface area contributed by atoms with E-state index in [0.29, 0.717) is 30.0 Å². The number of likely N-dealkylation sites (tertiary alicyclic amines) is 1. The Balaban J connectivity index is 2.02. The van der Waals surface area contributed by atoms with Gasteiger partial charge in [0.05, 0.1) is 12.0 Å². The van der Waals surface area contributed by atoms with E-state index < -0.39 is 17.9 Å². The van der Waals surface area contributed by atoms with Crippen LogP contribution < -0.4 is 5.73 Å². The number of fused-ring (bicyclic) bond motifs is 1. The average Bonchev–Trinajstić information content (AvgIpc) is 3.19. The zero-order chi connectivity index (χ0) is 21.5. The Kier molecular flexibility index (Phi) is 5.86. The Bertz CT molecular complexity index is 811. The van der Waals surface area contributed by atoms with E-state index in [9.17, 15) is 14.4 Å². The lowest BCUT2D eigenvalue weighted by molar-refractivity contribution is -0.138. The maximum absolute atomic E-state index is 13.8. The highest BCUT2D eigenvalue weighted by atomic mass is 16.5. The minimum Gasteiger partial charge on any atom is -0.367 e. The number of nitrogens with two attached hydrogens (primary N) is 1. The fraction of sp³-hybridized carbons (Fsp3) is 0.609. The van der Waals surface area contributed by atoms with Gasteiger partial charge in [0.25, 0.3) is 0 Å². The van der Waals surface area contributed by atoms with Crippen LogP contribution in [0.25, 0.3) is 0 Å². The van der Waals surface area contributed by atoms with Crippen LogP contribution in [0.1, 0.15) is 62.9 Å². The summed E-state index contributed by atoms with van der Waals surface area (Å²) in [5.74, 6) is -0.831. The predicted octanol–water partition coefficient (Wildman–Crippen LogP) is 2.76. The summed E-state index contributed by atoms with van der Waals surface area (Å²) in [7, 11) is 0. The van der Waals surface area contributed by atoms with E-state index in [0.717, 1.165) is 0 Å². The van der Waals surface area contributed by atoms with Gasteiger partial charge in [-0.05, 0) is 29.4 Å². The monoisotopic (exact) mass is 400 g/mol. The summed E-state index contributed by atoms with van der Waals surface area (Å²) in [5, 5.41) is 0. The van der Waals surface area contributed by atoms with Crippen molar-refractivity contribution in [3.63, 3.8) is 0 Å². The number of ketones is 1. The molecule has 0 saturated carbocycles. The Morgan fingerprint density at radius 3 is 2.48 bits per heavy atom. The summed E-state index contributed by atoms with van der Waals surface area (Å²) in [6.45, 7) is 10.9. The van der Waals surface area contributed by atoms with Crippen molar-refractivity contribution in [1.29, 1.82) is 0 Å². The molecule has 29 heavy (non-hydrogen) atoms. The van der Waals surface area contributed by atoms with Gasteiger partial charge in [0.15, 0.2) is 5.78 Å². The standard InChI is InChI=1S/C23H32N2O4/c1-13(2)17-11-25(19-18(26)12-29-20(17)19)22(28)16(10-23(3,4)5)14-8-6-7-9-15(14)21(24)27/h6-9,13,16-17,19-20H,10-12H2,1-5H3,(H2,24,27)/t16-,17-,19+,20+/m0/s1. The summed E-state index contributed by atoms with van der Waals surface area (Å²) in [5.41, 5.74) is 6.44. The van der Waals surface area contributed by atoms with Crippen molar-refractivity contribution in [2.75, 3.05) is 13.2 Å². The van der Waals surface area contributed by atoms with Crippen molar-refractivity contribution >= 4 is 17.6 Å². The Hall–Kier alpha value is -2.21. The van der Waals surface area contributed by atoms with E-state index in [1.54, 1.807) is 23.1 Å². The second-order valence-corrected chi connectivity index (χ2v) is 9.85. The number of hydrogen-bond donors (Lipinski definition) is 1. The van der Waals surface area contributed by atoms with Crippen LogP contribution in [-0.2, 0) is 14.3 Å². The van der Waals surface area contributed by atoms with Gasteiger partial charge >= 0.3 is 0 Å². The molecule has 0 aromatic heterocycles. The molecule has 1 aromatic carbocycles. The molecule has 2 N–H and O–H groups in total. The van der Waals surface area contributed by atoms with Crippen LogP contribution in [-0.4, -0.2) is 47.8 Å². The minimum absolute atomic E-state index is 0.0378. The number of Topliss-reactive ketones (excluding diaryl/α,β-unsaturated/α-hetero) is 1. The molecule has 2 aliphatic rings. The molecule has 1 aromatic rings. The smallest absolute Gasteiger partial charge is 0.249 e. The average molecular weight is 401 g/mol. The normalized spacial score (nSPS) is 25.4. The zero-order valence-corrected chi connectivity index (χ0v) is 18.0. The maximum Gasteiger partial charge on any atom is 0.249 e. The number of carbonyl (C=O) groups excluding carboxylic acids is 3. The third-order valence-corrected chi connectivity index (χ3v) is 6.08. The number of nitrogens with zero attached hydrogens (tertiary/aromatic N) is 1. The van der Waals surface area contributed by atoms with Gasteiger partial charge < -0.3 is 15.4 Å². The number of primary amides is 1. The van der Waals surface area contributed by atoms with Gasteiger partial charge in [0.1, 0.15) is 12.6 Å². The number of hydrogen-bond acceptors (Lipinski definition) is 4. The maximum atomic E-state index is 13.8. The van der Waals surface area contributed by atoms with E-state index >= 15 is 0 Å². The Labute approximate surface area is 172 Å². The molecule has 0 unspecified atom stereocenters. The SMILES string of the molecule is CC(C)[C@@H]1CN(C(=O)[C@@H](CC(C)(C)C)c2ccccc2C(N)=O)[C@@H]2C(=O)CO[C@@H]21. The van der Waals surface area contributed by atoms with Crippen molar-refractivity contribution in [2.24, 2.45) is 23.0 Å². The van der Waals surface area contributed by atoms with E-state index in [1.165, 1.54) is 0 Å². The Morgan fingerprint density at radius 1 is 1.24 bits per heavy atom. The van der Waals surface area contributed by atoms with Crippen molar-refractivity contribution in [3.05, 3.63) is 35.4 Å². The first-order valence-corrected chi connectivity index (χ1v) is 10.3. The molecule has 2 fully saturated rings. The van der Waals surface area contributed by atoms with Crippen LogP contribution >= 0.6 is 0 Å². The van der Waals surface area contributed by atoms with Gasteiger partial charge in [-0.3, -0.25) is 14.4 Å². The molecule has 4 atom stereocenters. The molecule has 0 bridgehead atoms. The zero-order valence-electron chi connectivity index (χ0n) is 18.0. The minimum atomic E-state index is -0.549. The first kappa shape index (κ1) is 21.5. The van der Waals surface area contributed by atoms with Gasteiger partial charge in [0.2, 0.25) is 11.8 Å². The van der Waals surface area contributed by atoms with Gasteiger partial charge in [-0.1, -0.05) is 52.8 Å². The molecule has 2 heterocycles. The quantitative estimate of drug-likeness (QED) is 0.823. The molecule has 0 spiro atoms. The van der Waals surface area contributed by atoms with Gasteiger partial charge in [0, 0.05) is 18.0 Å². The highest BCUT2D eigenvalue weighted by Crippen LogP contribution is 2.40.